The first-order valence-corrected chi connectivity index (χ1v) is 6.04. The van der Waals surface area contributed by atoms with Gasteiger partial charge in [-0.3, -0.25) is 4.79 Å². The number of carboxylic acids is 1. The average molecular weight is 304 g/mol. The Kier molecular flexibility index (Phi) is 4.74. The fraction of sp³-hybridized carbons (Fsp3) is 0.455. The van der Waals surface area contributed by atoms with E-state index in [0.717, 1.165) is 0 Å². The van der Waals surface area contributed by atoms with Crippen molar-refractivity contribution in [2.45, 2.75) is 26.3 Å². The normalized spacial score (nSPS) is 14.1. The molecule has 0 radical (unpaired) electrons. The van der Waals surface area contributed by atoms with Crippen LogP contribution in [0.2, 0.25) is 0 Å². The molecule has 0 fully saturated rings. The van der Waals surface area contributed by atoms with E-state index in [-0.39, 0.29) is 11.7 Å². The lowest BCUT2D eigenvalue weighted by molar-refractivity contribution is -0.140. The first-order chi connectivity index (χ1) is 7.95. The molecule has 94 valence electrons. The van der Waals surface area contributed by atoms with Crippen molar-refractivity contribution in [3.05, 3.63) is 22.6 Å². The van der Waals surface area contributed by atoms with Gasteiger partial charge in [-0.2, -0.15) is 0 Å². The standard InChI is InChI=1S/C11H14BrNO4/c1-3-6(2)9(11(15)16)13-10(14)7-4-5-8(12)17-7/h4-6,9H,3H2,1-2H3,(H,13,14)(H,15,16)/t6?,9-/m0/s1. The van der Waals surface area contributed by atoms with Gasteiger partial charge in [0, 0.05) is 0 Å². The summed E-state index contributed by atoms with van der Waals surface area (Å²) >= 11 is 3.08. The summed E-state index contributed by atoms with van der Waals surface area (Å²) < 4.78 is 5.48. The minimum absolute atomic E-state index is 0.0893. The number of hydrogen-bond donors (Lipinski definition) is 2. The number of furan rings is 1. The van der Waals surface area contributed by atoms with Gasteiger partial charge in [0.15, 0.2) is 10.4 Å². The molecule has 2 N–H and O–H groups in total. The van der Waals surface area contributed by atoms with Crippen LogP contribution in [0.3, 0.4) is 0 Å². The lowest BCUT2D eigenvalue weighted by Gasteiger charge is -2.19. The Hall–Kier alpha value is -1.30. The highest BCUT2D eigenvalue weighted by Gasteiger charge is 2.26. The van der Waals surface area contributed by atoms with Crippen LogP contribution >= 0.6 is 15.9 Å². The molecule has 6 heteroatoms. The van der Waals surface area contributed by atoms with Crippen LogP contribution < -0.4 is 5.32 Å². The van der Waals surface area contributed by atoms with E-state index in [1.807, 2.05) is 6.92 Å². The smallest absolute Gasteiger partial charge is 0.326 e. The molecule has 0 bridgehead atoms. The topological polar surface area (TPSA) is 79.5 Å². The zero-order valence-electron chi connectivity index (χ0n) is 9.57. The lowest BCUT2D eigenvalue weighted by atomic mass is 9.99. The summed E-state index contributed by atoms with van der Waals surface area (Å²) in [5, 5.41) is 11.5. The molecule has 1 rings (SSSR count). The average Bonchev–Trinajstić information content (AvgIpc) is 2.71. The van der Waals surface area contributed by atoms with E-state index in [2.05, 4.69) is 21.2 Å². The zero-order valence-corrected chi connectivity index (χ0v) is 11.2. The van der Waals surface area contributed by atoms with Crippen LogP contribution in [0.15, 0.2) is 21.2 Å². The maximum atomic E-state index is 11.7. The first-order valence-electron chi connectivity index (χ1n) is 5.24. The van der Waals surface area contributed by atoms with Gasteiger partial charge in [-0.25, -0.2) is 4.79 Å². The molecule has 0 aliphatic rings. The van der Waals surface area contributed by atoms with Crippen LogP contribution in [0, 0.1) is 5.92 Å². The molecule has 2 atom stereocenters. The minimum atomic E-state index is -1.04. The third-order valence-electron chi connectivity index (χ3n) is 2.56. The predicted molar refractivity (Wildman–Crippen MR) is 64.8 cm³/mol. The van der Waals surface area contributed by atoms with Crippen LogP contribution in [-0.4, -0.2) is 23.0 Å². The second kappa shape index (κ2) is 5.86. The van der Waals surface area contributed by atoms with Gasteiger partial charge < -0.3 is 14.8 Å². The molecule has 0 spiro atoms. The summed E-state index contributed by atoms with van der Waals surface area (Å²) in [7, 11) is 0. The Morgan fingerprint density at radius 1 is 1.53 bits per heavy atom. The molecular formula is C11H14BrNO4. The molecular weight excluding hydrogens is 290 g/mol. The number of amides is 1. The molecule has 0 aliphatic heterocycles. The van der Waals surface area contributed by atoms with E-state index in [4.69, 9.17) is 9.52 Å². The van der Waals surface area contributed by atoms with E-state index in [9.17, 15) is 9.59 Å². The monoisotopic (exact) mass is 303 g/mol. The van der Waals surface area contributed by atoms with E-state index in [1.54, 1.807) is 13.0 Å². The molecule has 1 amide bonds. The predicted octanol–water partition coefficient (Wildman–Crippen LogP) is 2.27. The van der Waals surface area contributed by atoms with Crippen LogP contribution in [0.1, 0.15) is 30.8 Å². The van der Waals surface area contributed by atoms with Crippen molar-refractivity contribution in [2.75, 3.05) is 0 Å². The summed E-state index contributed by atoms with van der Waals surface area (Å²) in [6.07, 6.45) is 0.666. The van der Waals surface area contributed by atoms with E-state index in [1.165, 1.54) is 6.07 Å². The summed E-state index contributed by atoms with van der Waals surface area (Å²) in [6.45, 7) is 3.65. The third kappa shape index (κ3) is 3.59. The summed E-state index contributed by atoms with van der Waals surface area (Å²) in [4.78, 5) is 22.7. The lowest BCUT2D eigenvalue weighted by Crippen LogP contribution is -2.44. The summed E-state index contributed by atoms with van der Waals surface area (Å²) in [6, 6.07) is 2.15. The molecule has 0 saturated heterocycles. The number of rotatable bonds is 5. The Balaban J connectivity index is 2.74. The van der Waals surface area contributed by atoms with Gasteiger partial charge >= 0.3 is 5.97 Å². The Morgan fingerprint density at radius 3 is 2.59 bits per heavy atom. The number of carbonyl (C=O) groups is 2. The Morgan fingerprint density at radius 2 is 2.18 bits per heavy atom. The van der Waals surface area contributed by atoms with Crippen molar-refractivity contribution in [1.82, 2.24) is 5.32 Å². The largest absolute Gasteiger partial charge is 0.480 e. The van der Waals surface area contributed by atoms with Gasteiger partial charge in [0.05, 0.1) is 0 Å². The van der Waals surface area contributed by atoms with Crippen molar-refractivity contribution < 1.29 is 19.1 Å². The zero-order chi connectivity index (χ0) is 13.0. The summed E-state index contributed by atoms with van der Waals surface area (Å²) in [5.74, 6) is -1.62. The number of nitrogens with one attached hydrogen (secondary N) is 1. The van der Waals surface area contributed by atoms with Gasteiger partial charge in [-0.05, 0) is 34.0 Å². The first kappa shape index (κ1) is 13.8. The summed E-state index contributed by atoms with van der Waals surface area (Å²) in [5.41, 5.74) is 0. The molecule has 0 aliphatic carbocycles. The quantitative estimate of drug-likeness (QED) is 0.874. The fourth-order valence-electron chi connectivity index (χ4n) is 1.33. The molecule has 1 unspecified atom stereocenters. The molecule has 0 saturated carbocycles. The van der Waals surface area contributed by atoms with E-state index < -0.39 is 17.9 Å². The molecule has 1 heterocycles. The van der Waals surface area contributed by atoms with Crippen molar-refractivity contribution in [3.63, 3.8) is 0 Å². The van der Waals surface area contributed by atoms with Crippen LogP contribution in [0.4, 0.5) is 0 Å². The van der Waals surface area contributed by atoms with E-state index >= 15 is 0 Å². The number of halogens is 1. The second-order valence-corrected chi connectivity index (χ2v) is 4.56. The van der Waals surface area contributed by atoms with Crippen LogP contribution in [0.5, 0.6) is 0 Å². The molecule has 17 heavy (non-hydrogen) atoms. The second-order valence-electron chi connectivity index (χ2n) is 3.78. The van der Waals surface area contributed by atoms with Gasteiger partial charge in [0.1, 0.15) is 6.04 Å². The Labute approximate surface area is 107 Å². The fourth-order valence-corrected chi connectivity index (χ4v) is 1.64. The van der Waals surface area contributed by atoms with Crippen molar-refractivity contribution >= 4 is 27.8 Å². The molecule has 1 aromatic heterocycles. The molecule has 5 nitrogen and oxygen atoms in total. The Bertz CT molecular complexity index is 415. The highest BCUT2D eigenvalue weighted by atomic mass is 79.9. The number of carbonyl (C=O) groups excluding carboxylic acids is 1. The SMILES string of the molecule is CCC(C)[C@H](NC(=O)c1ccc(Br)o1)C(=O)O. The van der Waals surface area contributed by atoms with Gasteiger partial charge in [-0.15, -0.1) is 0 Å². The third-order valence-corrected chi connectivity index (χ3v) is 2.99. The number of aliphatic carboxylic acids is 1. The van der Waals surface area contributed by atoms with Gasteiger partial charge in [0.25, 0.3) is 5.91 Å². The van der Waals surface area contributed by atoms with Crippen molar-refractivity contribution in [2.24, 2.45) is 5.92 Å². The maximum Gasteiger partial charge on any atom is 0.326 e. The van der Waals surface area contributed by atoms with E-state index in [0.29, 0.717) is 11.1 Å². The molecule has 1 aromatic rings. The highest BCUT2D eigenvalue weighted by molar-refractivity contribution is 9.10. The van der Waals surface area contributed by atoms with Crippen LogP contribution in [-0.2, 0) is 4.79 Å². The van der Waals surface area contributed by atoms with Crippen molar-refractivity contribution in [1.29, 1.82) is 0 Å². The molecule has 0 aromatic carbocycles. The minimum Gasteiger partial charge on any atom is -0.480 e. The number of hydrogen-bond acceptors (Lipinski definition) is 3. The van der Waals surface area contributed by atoms with Gasteiger partial charge in [-0.1, -0.05) is 20.3 Å². The maximum absolute atomic E-state index is 11.7. The number of carboxylic acid groups (broad SMARTS) is 1. The van der Waals surface area contributed by atoms with Crippen molar-refractivity contribution in [3.8, 4) is 0 Å². The van der Waals surface area contributed by atoms with Gasteiger partial charge in [0.2, 0.25) is 0 Å². The van der Waals surface area contributed by atoms with Crippen LogP contribution in [0.25, 0.3) is 0 Å². The highest BCUT2D eigenvalue weighted by Crippen LogP contribution is 2.15.